The number of amides is 2. The zero-order valence-electron chi connectivity index (χ0n) is 19.0. The molecule has 8 heteroatoms. The maximum Gasteiger partial charge on any atom is 0.262 e. The summed E-state index contributed by atoms with van der Waals surface area (Å²) in [6.45, 7) is -0.341. The Morgan fingerprint density at radius 3 is 1.31 bits per heavy atom. The average molecular weight is 521 g/mol. The maximum atomic E-state index is 12.6. The Morgan fingerprint density at radius 1 is 0.556 bits per heavy atom. The van der Waals surface area contributed by atoms with Crippen LogP contribution < -0.4 is 20.1 Å². The van der Waals surface area contributed by atoms with Gasteiger partial charge >= 0.3 is 0 Å². The fraction of sp³-hybridized carbons (Fsp3) is 0.0714. The van der Waals surface area contributed by atoms with Gasteiger partial charge in [-0.25, -0.2) is 0 Å². The SMILES string of the molecule is O=C(COc1ccc(Cl)cc1)Nc1ccccc1-c1ccccc1NC(=O)COc1ccc(Cl)cc1. The van der Waals surface area contributed by atoms with Gasteiger partial charge in [0.2, 0.25) is 0 Å². The molecule has 0 fully saturated rings. The van der Waals surface area contributed by atoms with Crippen molar-refractivity contribution in [3.63, 3.8) is 0 Å². The van der Waals surface area contributed by atoms with E-state index in [1.54, 1.807) is 60.7 Å². The molecule has 36 heavy (non-hydrogen) atoms. The molecule has 0 aliphatic heterocycles. The third kappa shape index (κ3) is 7.01. The van der Waals surface area contributed by atoms with E-state index in [0.29, 0.717) is 32.9 Å². The molecular weight excluding hydrogens is 499 g/mol. The fourth-order valence-electron chi connectivity index (χ4n) is 3.39. The van der Waals surface area contributed by atoms with Gasteiger partial charge in [-0.3, -0.25) is 9.59 Å². The summed E-state index contributed by atoms with van der Waals surface area (Å²) in [5, 5.41) is 6.94. The number of anilines is 2. The summed E-state index contributed by atoms with van der Waals surface area (Å²) in [5.41, 5.74) is 2.65. The first kappa shape index (κ1) is 25.1. The molecule has 2 N–H and O–H groups in total. The molecule has 0 aromatic heterocycles. The van der Waals surface area contributed by atoms with Crippen LogP contribution in [0.3, 0.4) is 0 Å². The molecule has 0 bridgehead atoms. The van der Waals surface area contributed by atoms with E-state index in [-0.39, 0.29) is 25.0 Å². The van der Waals surface area contributed by atoms with Crippen molar-refractivity contribution in [1.29, 1.82) is 0 Å². The van der Waals surface area contributed by atoms with Crippen molar-refractivity contribution in [2.45, 2.75) is 0 Å². The highest BCUT2D eigenvalue weighted by Crippen LogP contribution is 2.33. The molecule has 0 radical (unpaired) electrons. The number of carbonyl (C=O) groups is 2. The highest BCUT2D eigenvalue weighted by molar-refractivity contribution is 6.30. The van der Waals surface area contributed by atoms with Gasteiger partial charge in [0.25, 0.3) is 11.8 Å². The van der Waals surface area contributed by atoms with Crippen LogP contribution in [0, 0.1) is 0 Å². The lowest BCUT2D eigenvalue weighted by atomic mass is 10.0. The predicted molar refractivity (Wildman–Crippen MR) is 143 cm³/mol. The Balaban J connectivity index is 1.43. The van der Waals surface area contributed by atoms with Crippen LogP contribution in [-0.2, 0) is 9.59 Å². The van der Waals surface area contributed by atoms with Gasteiger partial charge in [-0.2, -0.15) is 0 Å². The van der Waals surface area contributed by atoms with E-state index < -0.39 is 0 Å². The molecule has 6 nitrogen and oxygen atoms in total. The fourth-order valence-corrected chi connectivity index (χ4v) is 3.64. The minimum absolute atomic E-state index is 0.170. The van der Waals surface area contributed by atoms with Crippen LogP contribution in [0.2, 0.25) is 10.0 Å². The molecule has 0 saturated heterocycles. The van der Waals surface area contributed by atoms with E-state index in [4.69, 9.17) is 32.7 Å². The Hall–Kier alpha value is -4.00. The summed E-state index contributed by atoms with van der Waals surface area (Å²) >= 11 is 11.8. The molecule has 0 saturated carbocycles. The van der Waals surface area contributed by atoms with Gasteiger partial charge in [-0.15, -0.1) is 0 Å². The van der Waals surface area contributed by atoms with Crippen LogP contribution in [-0.4, -0.2) is 25.0 Å². The Bertz CT molecular complexity index is 1240. The second-order valence-electron chi connectivity index (χ2n) is 7.67. The van der Waals surface area contributed by atoms with Crippen molar-refractivity contribution < 1.29 is 19.1 Å². The largest absolute Gasteiger partial charge is 0.484 e. The van der Waals surface area contributed by atoms with Crippen LogP contribution >= 0.6 is 23.2 Å². The summed E-state index contributed by atoms with van der Waals surface area (Å²) in [6.07, 6.45) is 0. The summed E-state index contributed by atoms with van der Waals surface area (Å²) in [4.78, 5) is 25.2. The number of rotatable bonds is 9. The molecule has 0 unspecified atom stereocenters. The van der Waals surface area contributed by atoms with Gasteiger partial charge in [0, 0.05) is 32.5 Å². The van der Waals surface area contributed by atoms with Gasteiger partial charge in [0.1, 0.15) is 11.5 Å². The number of hydrogen-bond donors (Lipinski definition) is 2. The van der Waals surface area contributed by atoms with E-state index in [1.165, 1.54) is 0 Å². The molecule has 4 aromatic rings. The number of ether oxygens (including phenoxy) is 2. The smallest absolute Gasteiger partial charge is 0.262 e. The Morgan fingerprint density at radius 2 is 0.917 bits per heavy atom. The van der Waals surface area contributed by atoms with Crippen molar-refractivity contribution in [3.8, 4) is 22.6 Å². The normalized spacial score (nSPS) is 10.4. The monoisotopic (exact) mass is 520 g/mol. The Kier molecular flexibility index (Phi) is 8.44. The van der Waals surface area contributed by atoms with Crippen molar-refractivity contribution in [2.75, 3.05) is 23.8 Å². The molecule has 2 amide bonds. The molecule has 4 rings (SSSR count). The number of para-hydroxylation sites is 2. The van der Waals surface area contributed by atoms with Gasteiger partial charge in [0.05, 0.1) is 0 Å². The second-order valence-corrected chi connectivity index (χ2v) is 8.55. The number of carbonyl (C=O) groups excluding carboxylic acids is 2. The molecule has 0 spiro atoms. The molecular formula is C28H22Cl2N2O4. The lowest BCUT2D eigenvalue weighted by Crippen LogP contribution is -2.21. The number of benzene rings is 4. The zero-order valence-corrected chi connectivity index (χ0v) is 20.6. The van der Waals surface area contributed by atoms with Crippen molar-refractivity contribution >= 4 is 46.4 Å². The van der Waals surface area contributed by atoms with Crippen LogP contribution in [0.4, 0.5) is 11.4 Å². The van der Waals surface area contributed by atoms with Crippen molar-refractivity contribution in [2.24, 2.45) is 0 Å². The summed E-state index contributed by atoms with van der Waals surface area (Å²) in [7, 11) is 0. The third-order valence-corrected chi connectivity index (χ3v) is 5.56. The molecule has 182 valence electrons. The topological polar surface area (TPSA) is 76.7 Å². The van der Waals surface area contributed by atoms with Gasteiger partial charge < -0.3 is 20.1 Å². The molecule has 0 atom stereocenters. The highest BCUT2D eigenvalue weighted by atomic mass is 35.5. The summed E-state index contributed by atoms with van der Waals surface area (Å²) < 4.78 is 11.1. The van der Waals surface area contributed by atoms with E-state index in [9.17, 15) is 9.59 Å². The second kappa shape index (κ2) is 12.1. The summed E-state index contributed by atoms with van der Waals surface area (Å²) in [5.74, 6) is 0.430. The van der Waals surface area contributed by atoms with Crippen LogP contribution in [0.1, 0.15) is 0 Å². The number of nitrogens with one attached hydrogen (secondary N) is 2. The maximum absolute atomic E-state index is 12.6. The standard InChI is InChI=1S/C28H22Cl2N2O4/c29-19-9-13-21(14-10-19)35-17-27(33)31-25-7-3-1-5-23(25)24-6-2-4-8-26(24)32-28(34)18-36-22-15-11-20(30)12-16-22/h1-16H,17-18H2,(H,31,33)(H,32,34). The molecule has 0 aliphatic rings. The molecule has 0 aliphatic carbocycles. The lowest BCUT2D eigenvalue weighted by molar-refractivity contribution is -0.118. The quantitative estimate of drug-likeness (QED) is 0.257. The third-order valence-electron chi connectivity index (χ3n) is 5.06. The first-order chi connectivity index (χ1) is 17.5. The van der Waals surface area contributed by atoms with E-state index in [1.807, 2.05) is 36.4 Å². The first-order valence-electron chi connectivity index (χ1n) is 11.0. The van der Waals surface area contributed by atoms with Gasteiger partial charge in [-0.05, 0) is 60.7 Å². The number of halogens is 2. The average Bonchev–Trinajstić information content (AvgIpc) is 2.89. The number of hydrogen-bond acceptors (Lipinski definition) is 4. The minimum Gasteiger partial charge on any atom is -0.484 e. The summed E-state index contributed by atoms with van der Waals surface area (Å²) in [6, 6.07) is 28.2. The van der Waals surface area contributed by atoms with Crippen molar-refractivity contribution in [1.82, 2.24) is 0 Å². The van der Waals surface area contributed by atoms with Gasteiger partial charge in [0.15, 0.2) is 13.2 Å². The van der Waals surface area contributed by atoms with Crippen LogP contribution in [0.15, 0.2) is 97.1 Å². The van der Waals surface area contributed by atoms with Crippen LogP contribution in [0.5, 0.6) is 11.5 Å². The highest BCUT2D eigenvalue weighted by Gasteiger charge is 2.14. The predicted octanol–water partition coefficient (Wildman–Crippen LogP) is 6.70. The Labute approximate surface area is 218 Å². The van der Waals surface area contributed by atoms with Crippen molar-refractivity contribution in [3.05, 3.63) is 107 Å². The molecule has 4 aromatic carbocycles. The zero-order chi connectivity index (χ0) is 25.3. The lowest BCUT2D eigenvalue weighted by Gasteiger charge is -2.16. The van der Waals surface area contributed by atoms with E-state index >= 15 is 0 Å². The van der Waals surface area contributed by atoms with E-state index in [2.05, 4.69) is 10.6 Å². The molecule has 0 heterocycles. The van der Waals surface area contributed by atoms with E-state index in [0.717, 1.165) is 11.1 Å². The minimum atomic E-state index is -0.324. The first-order valence-corrected chi connectivity index (χ1v) is 11.8. The van der Waals surface area contributed by atoms with Gasteiger partial charge in [-0.1, -0.05) is 59.6 Å². The van der Waals surface area contributed by atoms with Crippen LogP contribution in [0.25, 0.3) is 11.1 Å².